The molecule has 0 aliphatic carbocycles. The van der Waals surface area contributed by atoms with E-state index in [1.807, 2.05) is 24.5 Å². The van der Waals surface area contributed by atoms with E-state index in [9.17, 15) is 4.79 Å². The number of aromatic nitrogens is 1. The highest BCUT2D eigenvalue weighted by Gasteiger charge is 2.22. The topological polar surface area (TPSA) is 34.0 Å². The van der Waals surface area contributed by atoms with Crippen LogP contribution < -0.4 is 5.32 Å². The minimum atomic E-state index is 0.0349. The van der Waals surface area contributed by atoms with Crippen molar-refractivity contribution in [2.75, 3.05) is 6.54 Å². The van der Waals surface area contributed by atoms with Gasteiger partial charge < -0.3 is 5.32 Å². The number of hydrogen-bond acceptors (Lipinski definition) is 2. The van der Waals surface area contributed by atoms with Gasteiger partial charge in [0.2, 0.25) is 5.91 Å². The van der Waals surface area contributed by atoms with Crippen LogP contribution in [0.4, 0.5) is 0 Å². The molecule has 1 aliphatic heterocycles. The van der Waals surface area contributed by atoms with Crippen molar-refractivity contribution < 1.29 is 4.79 Å². The van der Waals surface area contributed by atoms with Gasteiger partial charge in [-0.15, -0.1) is 0 Å². The van der Waals surface area contributed by atoms with E-state index < -0.39 is 0 Å². The molecule has 0 unspecified atom stereocenters. The molecule has 0 fully saturated rings. The van der Waals surface area contributed by atoms with Crippen LogP contribution >= 0.6 is 15.9 Å². The zero-order chi connectivity index (χ0) is 11.0. The second kappa shape index (κ2) is 4.10. The highest BCUT2D eigenvalue weighted by atomic mass is 79.9. The summed E-state index contributed by atoms with van der Waals surface area (Å²) >= 11 is 3.46. The van der Waals surface area contributed by atoms with Gasteiger partial charge in [-0.25, -0.2) is 0 Å². The average Bonchev–Trinajstić information content (AvgIpc) is 2.52. The Balaban J connectivity index is 2.46. The number of carbonyl (C=O) groups is 1. The molecule has 0 amide bonds. The quantitative estimate of drug-likeness (QED) is 0.849. The molecule has 0 radical (unpaired) electrons. The van der Waals surface area contributed by atoms with Crippen molar-refractivity contribution in [2.24, 2.45) is 5.92 Å². The Morgan fingerprint density at radius 2 is 2.33 bits per heavy atom. The highest BCUT2D eigenvalue weighted by molar-refractivity contribution is 9.10. The van der Waals surface area contributed by atoms with E-state index >= 15 is 0 Å². The third-order valence-corrected chi connectivity index (χ3v) is 3.30. The van der Waals surface area contributed by atoms with Crippen molar-refractivity contribution >= 4 is 21.8 Å². The lowest BCUT2D eigenvalue weighted by atomic mass is 10.1. The lowest BCUT2D eigenvalue weighted by Crippen LogP contribution is -2.27. The van der Waals surface area contributed by atoms with Crippen LogP contribution in [0, 0.1) is 5.92 Å². The van der Waals surface area contributed by atoms with Crippen LogP contribution in [0.3, 0.4) is 0 Å². The Kier molecular flexibility index (Phi) is 2.98. The van der Waals surface area contributed by atoms with Crippen LogP contribution in [0.15, 0.2) is 10.7 Å². The van der Waals surface area contributed by atoms with E-state index in [-0.39, 0.29) is 11.8 Å². The summed E-state index contributed by atoms with van der Waals surface area (Å²) in [6.45, 7) is 5.69. The van der Waals surface area contributed by atoms with Gasteiger partial charge in [-0.2, -0.15) is 0 Å². The van der Waals surface area contributed by atoms with Gasteiger partial charge in [0, 0.05) is 31.1 Å². The molecule has 0 bridgehead atoms. The van der Waals surface area contributed by atoms with E-state index in [0.717, 1.165) is 24.1 Å². The molecular weight excluding hydrogens is 256 g/mol. The average molecular weight is 271 g/mol. The summed E-state index contributed by atoms with van der Waals surface area (Å²) in [5.74, 6) is 0.206. The molecule has 82 valence electrons. The van der Waals surface area contributed by atoms with Crippen LogP contribution in [-0.4, -0.2) is 17.0 Å². The molecule has 1 aromatic heterocycles. The molecule has 0 saturated carbocycles. The third kappa shape index (κ3) is 1.88. The van der Waals surface area contributed by atoms with Gasteiger partial charge in [0.25, 0.3) is 0 Å². The van der Waals surface area contributed by atoms with Gasteiger partial charge in [0.05, 0.1) is 4.60 Å². The fourth-order valence-corrected chi connectivity index (χ4v) is 2.58. The lowest BCUT2D eigenvalue weighted by Gasteiger charge is -2.17. The van der Waals surface area contributed by atoms with E-state index in [4.69, 9.17) is 0 Å². The minimum Gasteiger partial charge on any atom is -0.312 e. The number of fused-ring (bicyclic) bond motifs is 1. The van der Waals surface area contributed by atoms with E-state index in [0.29, 0.717) is 0 Å². The van der Waals surface area contributed by atoms with Gasteiger partial charge in [0.15, 0.2) is 0 Å². The fraction of sp³-hybridized carbons (Fsp3) is 0.545. The summed E-state index contributed by atoms with van der Waals surface area (Å²) < 4.78 is 2.70. The smallest absolute Gasteiger partial charge is 0.234 e. The number of carbonyl (C=O) groups excluding carboxylic acids is 1. The summed E-state index contributed by atoms with van der Waals surface area (Å²) in [5.41, 5.74) is 2.40. The Hall–Kier alpha value is -0.610. The number of halogens is 1. The predicted octanol–water partition coefficient (Wildman–Crippen LogP) is 2.19. The molecule has 0 atom stereocenters. The molecule has 1 aliphatic rings. The Bertz CT molecular complexity index is 396. The maximum atomic E-state index is 12.0. The fourth-order valence-electron chi connectivity index (χ4n) is 1.92. The maximum Gasteiger partial charge on any atom is 0.234 e. The van der Waals surface area contributed by atoms with Crippen molar-refractivity contribution in [3.8, 4) is 0 Å². The Morgan fingerprint density at radius 3 is 3.00 bits per heavy atom. The lowest BCUT2D eigenvalue weighted by molar-refractivity contribution is 0.0849. The van der Waals surface area contributed by atoms with Gasteiger partial charge in [-0.1, -0.05) is 13.8 Å². The summed E-state index contributed by atoms with van der Waals surface area (Å²) in [7, 11) is 0. The molecule has 15 heavy (non-hydrogen) atoms. The monoisotopic (exact) mass is 270 g/mol. The third-order valence-electron chi connectivity index (χ3n) is 2.72. The Morgan fingerprint density at radius 1 is 1.60 bits per heavy atom. The van der Waals surface area contributed by atoms with Gasteiger partial charge in [0.1, 0.15) is 0 Å². The SMILES string of the molecule is CC(C)C(=O)n1c(Br)cc2c1CCNC2. The van der Waals surface area contributed by atoms with Crippen LogP contribution in [0.5, 0.6) is 0 Å². The first-order valence-corrected chi connectivity index (χ1v) is 6.04. The minimum absolute atomic E-state index is 0.0349. The predicted molar refractivity (Wildman–Crippen MR) is 63.0 cm³/mol. The number of hydrogen-bond donors (Lipinski definition) is 1. The molecule has 1 N–H and O–H groups in total. The molecule has 0 saturated heterocycles. The van der Waals surface area contributed by atoms with E-state index in [1.165, 1.54) is 11.3 Å². The van der Waals surface area contributed by atoms with Gasteiger partial charge in [-0.3, -0.25) is 9.36 Å². The Labute approximate surface area is 98.0 Å². The zero-order valence-electron chi connectivity index (χ0n) is 9.01. The van der Waals surface area contributed by atoms with Crippen LogP contribution in [-0.2, 0) is 13.0 Å². The maximum absolute atomic E-state index is 12.0. The van der Waals surface area contributed by atoms with Crippen molar-refractivity contribution in [3.63, 3.8) is 0 Å². The second-order valence-corrected chi connectivity index (χ2v) is 5.01. The van der Waals surface area contributed by atoms with Crippen LogP contribution in [0.1, 0.15) is 29.9 Å². The first-order chi connectivity index (χ1) is 7.11. The zero-order valence-corrected chi connectivity index (χ0v) is 10.6. The van der Waals surface area contributed by atoms with Gasteiger partial charge in [-0.05, 0) is 27.6 Å². The van der Waals surface area contributed by atoms with Crippen LogP contribution in [0.25, 0.3) is 0 Å². The number of nitrogens with zero attached hydrogens (tertiary/aromatic N) is 1. The molecule has 2 heterocycles. The molecule has 2 rings (SSSR count). The summed E-state index contributed by atoms with van der Waals surface area (Å²) in [5, 5.41) is 3.30. The van der Waals surface area contributed by atoms with Crippen LogP contribution in [0.2, 0.25) is 0 Å². The standard InChI is InChI=1S/C11H15BrN2O/c1-7(2)11(15)14-9-3-4-13-6-8(9)5-10(14)12/h5,7,13H,3-4,6H2,1-2H3. The van der Waals surface area contributed by atoms with Crippen molar-refractivity contribution in [3.05, 3.63) is 21.9 Å². The summed E-state index contributed by atoms with van der Waals surface area (Å²) in [6.07, 6.45) is 0.930. The first-order valence-electron chi connectivity index (χ1n) is 5.25. The van der Waals surface area contributed by atoms with Gasteiger partial charge >= 0.3 is 0 Å². The molecule has 4 heteroatoms. The molecule has 1 aromatic rings. The normalized spacial score (nSPS) is 15.5. The molecular formula is C11H15BrN2O. The van der Waals surface area contributed by atoms with Crippen molar-refractivity contribution in [2.45, 2.75) is 26.8 Å². The van der Waals surface area contributed by atoms with Crippen molar-refractivity contribution in [1.82, 2.24) is 9.88 Å². The summed E-state index contributed by atoms with van der Waals surface area (Å²) in [6, 6.07) is 2.04. The number of nitrogens with one attached hydrogen (secondary N) is 1. The molecule has 0 aromatic carbocycles. The largest absolute Gasteiger partial charge is 0.312 e. The van der Waals surface area contributed by atoms with Crippen molar-refractivity contribution in [1.29, 1.82) is 0 Å². The second-order valence-electron chi connectivity index (χ2n) is 4.19. The molecule has 0 spiro atoms. The van der Waals surface area contributed by atoms with E-state index in [2.05, 4.69) is 21.2 Å². The highest BCUT2D eigenvalue weighted by Crippen LogP contribution is 2.24. The summed E-state index contributed by atoms with van der Waals surface area (Å²) in [4.78, 5) is 12.0. The first kappa shape index (κ1) is 10.9. The van der Waals surface area contributed by atoms with E-state index in [1.54, 1.807) is 0 Å². The number of rotatable bonds is 1. The molecule has 3 nitrogen and oxygen atoms in total.